The Kier molecular flexibility index (Phi) is 4.18. The molecule has 0 bridgehead atoms. The summed E-state index contributed by atoms with van der Waals surface area (Å²) in [4.78, 5) is 23.1. The van der Waals surface area contributed by atoms with Crippen LogP contribution in [-0.2, 0) is 13.1 Å². The van der Waals surface area contributed by atoms with E-state index in [9.17, 15) is 4.79 Å². The van der Waals surface area contributed by atoms with Crippen LogP contribution in [0, 0.1) is 12.8 Å². The summed E-state index contributed by atoms with van der Waals surface area (Å²) in [5.41, 5.74) is 0.783. The van der Waals surface area contributed by atoms with Crippen LogP contribution in [0.5, 0.6) is 0 Å². The highest BCUT2D eigenvalue weighted by molar-refractivity contribution is 5.02. The Labute approximate surface area is 140 Å². The first-order valence-corrected chi connectivity index (χ1v) is 8.75. The van der Waals surface area contributed by atoms with Crippen molar-refractivity contribution in [2.75, 3.05) is 13.1 Å². The van der Waals surface area contributed by atoms with Gasteiger partial charge in [0.2, 0.25) is 5.89 Å². The van der Waals surface area contributed by atoms with Crippen molar-refractivity contribution < 1.29 is 4.52 Å². The first kappa shape index (κ1) is 15.5. The molecule has 0 atom stereocenters. The van der Waals surface area contributed by atoms with E-state index in [1.807, 2.05) is 6.92 Å². The Balaban J connectivity index is 1.29. The van der Waals surface area contributed by atoms with Crippen molar-refractivity contribution in [3.63, 3.8) is 0 Å². The van der Waals surface area contributed by atoms with Gasteiger partial charge in [0.05, 0.1) is 12.9 Å². The second kappa shape index (κ2) is 6.47. The lowest BCUT2D eigenvalue weighted by Gasteiger charge is -2.31. The number of hydrogen-bond donors (Lipinski definition) is 0. The van der Waals surface area contributed by atoms with E-state index in [1.54, 1.807) is 17.1 Å². The molecule has 24 heavy (non-hydrogen) atoms. The molecular weight excluding hydrogens is 306 g/mol. The van der Waals surface area contributed by atoms with Crippen LogP contribution in [-0.4, -0.2) is 37.7 Å². The summed E-state index contributed by atoms with van der Waals surface area (Å²) in [5.74, 6) is 2.65. The fraction of sp³-hybridized carbons (Fsp3) is 0.647. The van der Waals surface area contributed by atoms with E-state index >= 15 is 0 Å². The van der Waals surface area contributed by atoms with Crippen molar-refractivity contribution in [1.29, 1.82) is 0 Å². The minimum absolute atomic E-state index is 0.0758. The predicted octanol–water partition coefficient (Wildman–Crippen LogP) is 1.72. The highest BCUT2D eigenvalue weighted by atomic mass is 16.5. The van der Waals surface area contributed by atoms with E-state index < -0.39 is 0 Å². The van der Waals surface area contributed by atoms with Crippen LogP contribution < -0.4 is 5.56 Å². The topological polar surface area (TPSA) is 77.1 Å². The van der Waals surface area contributed by atoms with Gasteiger partial charge in [-0.3, -0.25) is 14.3 Å². The van der Waals surface area contributed by atoms with Gasteiger partial charge >= 0.3 is 0 Å². The summed E-state index contributed by atoms with van der Waals surface area (Å²) in [6.45, 7) is 5.34. The lowest BCUT2D eigenvalue weighted by atomic mass is 9.96. The third kappa shape index (κ3) is 3.40. The molecule has 2 aromatic heterocycles. The van der Waals surface area contributed by atoms with Gasteiger partial charge in [0.25, 0.3) is 5.56 Å². The van der Waals surface area contributed by atoms with Crippen LogP contribution in [0.2, 0.25) is 0 Å². The minimum atomic E-state index is 0.0758. The molecule has 1 saturated heterocycles. The molecular formula is C17H23N5O2. The smallest absolute Gasteiger partial charge is 0.256 e. The molecule has 2 fully saturated rings. The molecule has 4 rings (SSSR count). The van der Waals surface area contributed by atoms with Crippen LogP contribution in [0.3, 0.4) is 0 Å². The van der Waals surface area contributed by atoms with Crippen molar-refractivity contribution in [3.8, 4) is 0 Å². The number of aromatic nitrogens is 4. The minimum Gasteiger partial charge on any atom is -0.339 e. The second-order valence-electron chi connectivity index (χ2n) is 7.08. The van der Waals surface area contributed by atoms with Crippen molar-refractivity contribution in [2.45, 2.75) is 51.6 Å². The number of hydrogen-bond acceptors (Lipinski definition) is 6. The van der Waals surface area contributed by atoms with Crippen molar-refractivity contribution >= 4 is 0 Å². The average molecular weight is 329 g/mol. The number of aryl methyl sites for hydroxylation is 1. The third-order valence-corrected chi connectivity index (χ3v) is 5.01. The Morgan fingerprint density at radius 3 is 2.79 bits per heavy atom. The normalized spacial score (nSPS) is 19.7. The molecule has 0 spiro atoms. The average Bonchev–Trinajstić information content (AvgIpc) is 3.34. The van der Waals surface area contributed by atoms with E-state index in [0.717, 1.165) is 50.7 Å². The maximum absolute atomic E-state index is 12.1. The molecule has 128 valence electrons. The molecule has 3 heterocycles. The summed E-state index contributed by atoms with van der Waals surface area (Å²) >= 11 is 0. The summed E-state index contributed by atoms with van der Waals surface area (Å²) < 4.78 is 7.07. The molecule has 2 aromatic rings. The van der Waals surface area contributed by atoms with Crippen LogP contribution in [0.1, 0.15) is 48.9 Å². The van der Waals surface area contributed by atoms with Gasteiger partial charge in [0.1, 0.15) is 0 Å². The zero-order valence-electron chi connectivity index (χ0n) is 14.0. The highest BCUT2D eigenvalue weighted by Crippen LogP contribution is 2.38. The number of rotatable bonds is 5. The van der Waals surface area contributed by atoms with E-state index in [-0.39, 0.29) is 5.56 Å². The standard InChI is InChI=1S/C17H23N5O2/c1-12-8-18-11-22(17(12)23)9-13-4-6-21(7-5-13)10-15-19-16(24-20-15)14-2-3-14/h8,11,13-14H,2-7,9-10H2,1H3. The maximum Gasteiger partial charge on any atom is 0.256 e. The second-order valence-corrected chi connectivity index (χ2v) is 7.08. The van der Waals surface area contributed by atoms with Gasteiger partial charge < -0.3 is 4.52 Å². The SMILES string of the molecule is Cc1cncn(CC2CCN(Cc3noc(C4CC4)n3)CC2)c1=O. The third-order valence-electron chi connectivity index (χ3n) is 5.01. The molecule has 1 saturated carbocycles. The van der Waals surface area contributed by atoms with Gasteiger partial charge in [-0.05, 0) is 51.6 Å². The molecule has 7 nitrogen and oxygen atoms in total. The molecule has 0 N–H and O–H groups in total. The molecule has 0 aromatic carbocycles. The number of piperidine rings is 1. The molecule has 7 heteroatoms. The number of likely N-dealkylation sites (tertiary alicyclic amines) is 1. The molecule has 0 radical (unpaired) electrons. The largest absolute Gasteiger partial charge is 0.339 e. The monoisotopic (exact) mass is 329 g/mol. The predicted molar refractivity (Wildman–Crippen MR) is 87.5 cm³/mol. The lowest BCUT2D eigenvalue weighted by molar-refractivity contribution is 0.161. The molecule has 1 aliphatic carbocycles. The van der Waals surface area contributed by atoms with E-state index in [1.165, 1.54) is 12.8 Å². The molecule has 0 amide bonds. The first-order chi connectivity index (χ1) is 11.7. The molecule has 0 unspecified atom stereocenters. The molecule has 1 aliphatic heterocycles. The highest BCUT2D eigenvalue weighted by Gasteiger charge is 2.30. The Bertz CT molecular complexity index is 756. The summed E-state index contributed by atoms with van der Waals surface area (Å²) in [7, 11) is 0. The lowest BCUT2D eigenvalue weighted by Crippen LogP contribution is -2.36. The summed E-state index contributed by atoms with van der Waals surface area (Å²) in [5, 5.41) is 4.10. The fourth-order valence-electron chi connectivity index (χ4n) is 3.32. The quantitative estimate of drug-likeness (QED) is 0.831. The van der Waals surface area contributed by atoms with Crippen LogP contribution in [0.25, 0.3) is 0 Å². The number of nitrogens with zero attached hydrogens (tertiary/aromatic N) is 5. The van der Waals surface area contributed by atoms with Crippen LogP contribution in [0.4, 0.5) is 0 Å². The van der Waals surface area contributed by atoms with Gasteiger partial charge in [0, 0.05) is 24.2 Å². The van der Waals surface area contributed by atoms with Crippen molar-refractivity contribution in [3.05, 3.63) is 40.2 Å². The van der Waals surface area contributed by atoms with E-state index in [0.29, 0.717) is 17.4 Å². The van der Waals surface area contributed by atoms with Crippen LogP contribution in [0.15, 0.2) is 21.8 Å². The van der Waals surface area contributed by atoms with Crippen molar-refractivity contribution in [2.24, 2.45) is 5.92 Å². The summed E-state index contributed by atoms with van der Waals surface area (Å²) in [6.07, 6.45) is 7.80. The van der Waals surface area contributed by atoms with Gasteiger partial charge in [-0.15, -0.1) is 0 Å². The Hall–Kier alpha value is -2.02. The Morgan fingerprint density at radius 2 is 2.04 bits per heavy atom. The fourth-order valence-corrected chi connectivity index (χ4v) is 3.32. The van der Waals surface area contributed by atoms with E-state index in [4.69, 9.17) is 4.52 Å². The zero-order valence-corrected chi connectivity index (χ0v) is 14.0. The molecule has 2 aliphatic rings. The zero-order chi connectivity index (χ0) is 16.5. The summed E-state index contributed by atoms with van der Waals surface area (Å²) in [6, 6.07) is 0. The van der Waals surface area contributed by atoms with Crippen molar-refractivity contribution in [1.82, 2.24) is 24.6 Å². The van der Waals surface area contributed by atoms with Gasteiger partial charge in [-0.1, -0.05) is 5.16 Å². The first-order valence-electron chi connectivity index (χ1n) is 8.75. The van der Waals surface area contributed by atoms with Gasteiger partial charge in [0.15, 0.2) is 5.82 Å². The maximum atomic E-state index is 12.1. The Morgan fingerprint density at radius 1 is 1.25 bits per heavy atom. The van der Waals surface area contributed by atoms with Gasteiger partial charge in [-0.2, -0.15) is 4.98 Å². The van der Waals surface area contributed by atoms with Crippen LogP contribution >= 0.6 is 0 Å². The van der Waals surface area contributed by atoms with Gasteiger partial charge in [-0.25, -0.2) is 4.98 Å². The van der Waals surface area contributed by atoms with E-state index in [2.05, 4.69) is 20.0 Å².